The molecular formula is C13H7Cl3F2N2S. The molecule has 110 valence electrons. The van der Waals surface area contributed by atoms with Crippen LogP contribution in [0.3, 0.4) is 0 Å². The summed E-state index contributed by atoms with van der Waals surface area (Å²) in [6.45, 7) is 0. The maximum Gasteiger partial charge on any atom is 0.175 e. The van der Waals surface area contributed by atoms with Crippen LogP contribution in [0.5, 0.6) is 0 Å². The molecule has 0 unspecified atom stereocenters. The van der Waals surface area contributed by atoms with E-state index in [1.807, 2.05) is 0 Å². The normalized spacial score (nSPS) is 10.3. The van der Waals surface area contributed by atoms with Crippen molar-refractivity contribution in [2.75, 3.05) is 10.6 Å². The van der Waals surface area contributed by atoms with E-state index in [0.29, 0.717) is 20.8 Å². The fraction of sp³-hybridized carbons (Fsp3) is 0. The number of rotatable bonds is 2. The third-order valence-electron chi connectivity index (χ3n) is 2.44. The summed E-state index contributed by atoms with van der Waals surface area (Å²) >= 11 is 22.7. The highest BCUT2D eigenvalue weighted by Gasteiger charge is 2.09. The maximum atomic E-state index is 13.5. The predicted octanol–water partition coefficient (Wildman–Crippen LogP) is 5.73. The molecule has 0 amide bonds. The summed E-state index contributed by atoms with van der Waals surface area (Å²) in [6, 6.07) is 6.03. The summed E-state index contributed by atoms with van der Waals surface area (Å²) in [5, 5.41) is 6.31. The van der Waals surface area contributed by atoms with Crippen LogP contribution in [0.25, 0.3) is 0 Å². The van der Waals surface area contributed by atoms with Crippen LogP contribution in [0.2, 0.25) is 15.1 Å². The lowest BCUT2D eigenvalue weighted by Crippen LogP contribution is -2.20. The summed E-state index contributed by atoms with van der Waals surface area (Å²) in [5.74, 6) is -1.44. The van der Waals surface area contributed by atoms with Crippen LogP contribution in [0, 0.1) is 11.6 Å². The molecule has 2 rings (SSSR count). The number of anilines is 2. The summed E-state index contributed by atoms with van der Waals surface area (Å²) in [7, 11) is 0. The van der Waals surface area contributed by atoms with E-state index < -0.39 is 11.6 Å². The number of hydrogen-bond acceptors (Lipinski definition) is 1. The SMILES string of the molecule is Fc1ccc(NC(=S)Nc2cc(Cl)c(Cl)cc2Cl)c(F)c1. The third kappa shape index (κ3) is 4.17. The van der Waals surface area contributed by atoms with Gasteiger partial charge in [0.1, 0.15) is 11.6 Å². The van der Waals surface area contributed by atoms with Gasteiger partial charge in [-0.3, -0.25) is 0 Å². The first kappa shape index (κ1) is 16.2. The molecule has 0 atom stereocenters. The average molecular weight is 368 g/mol. The number of thiocarbonyl (C=S) groups is 1. The van der Waals surface area contributed by atoms with Gasteiger partial charge in [-0.15, -0.1) is 0 Å². The molecule has 0 bridgehead atoms. The fourth-order valence-electron chi connectivity index (χ4n) is 1.49. The lowest BCUT2D eigenvalue weighted by molar-refractivity contribution is 0.586. The smallest absolute Gasteiger partial charge is 0.175 e. The highest BCUT2D eigenvalue weighted by Crippen LogP contribution is 2.32. The van der Waals surface area contributed by atoms with Crippen LogP contribution in [0.4, 0.5) is 20.2 Å². The third-order valence-corrected chi connectivity index (χ3v) is 3.68. The van der Waals surface area contributed by atoms with Crippen LogP contribution in [0.15, 0.2) is 30.3 Å². The second-order valence-corrected chi connectivity index (χ2v) is 5.58. The maximum absolute atomic E-state index is 13.5. The highest BCUT2D eigenvalue weighted by molar-refractivity contribution is 7.80. The summed E-state index contributed by atoms with van der Waals surface area (Å²) < 4.78 is 26.3. The van der Waals surface area contributed by atoms with E-state index in [2.05, 4.69) is 10.6 Å². The van der Waals surface area contributed by atoms with Crippen LogP contribution < -0.4 is 10.6 Å². The predicted molar refractivity (Wildman–Crippen MR) is 87.7 cm³/mol. The lowest BCUT2D eigenvalue weighted by Gasteiger charge is -2.13. The van der Waals surface area contributed by atoms with E-state index in [1.165, 1.54) is 18.2 Å². The van der Waals surface area contributed by atoms with Gasteiger partial charge in [-0.05, 0) is 36.5 Å². The van der Waals surface area contributed by atoms with Gasteiger partial charge in [0.25, 0.3) is 0 Å². The van der Waals surface area contributed by atoms with Crippen molar-refractivity contribution >= 4 is 63.5 Å². The van der Waals surface area contributed by atoms with Gasteiger partial charge < -0.3 is 10.6 Å². The van der Waals surface area contributed by atoms with Crippen LogP contribution in [0.1, 0.15) is 0 Å². The molecule has 2 aromatic rings. The Bertz CT molecular complexity index is 710. The Balaban J connectivity index is 2.13. The molecule has 0 fully saturated rings. The Labute approximate surface area is 140 Å². The Morgan fingerprint density at radius 3 is 2.14 bits per heavy atom. The summed E-state index contributed by atoms with van der Waals surface area (Å²) in [6.07, 6.45) is 0. The quantitative estimate of drug-likeness (QED) is 0.523. The Kier molecular flexibility index (Phi) is 5.22. The van der Waals surface area contributed by atoms with E-state index in [0.717, 1.165) is 12.1 Å². The lowest BCUT2D eigenvalue weighted by atomic mass is 10.3. The van der Waals surface area contributed by atoms with Crippen molar-refractivity contribution < 1.29 is 8.78 Å². The van der Waals surface area contributed by atoms with Crippen molar-refractivity contribution in [1.29, 1.82) is 0 Å². The minimum absolute atomic E-state index is 0.0325. The van der Waals surface area contributed by atoms with Crippen molar-refractivity contribution in [2.24, 2.45) is 0 Å². The zero-order valence-corrected chi connectivity index (χ0v) is 13.3. The second kappa shape index (κ2) is 6.75. The van der Waals surface area contributed by atoms with Gasteiger partial charge in [-0.1, -0.05) is 34.8 Å². The molecule has 0 spiro atoms. The number of halogens is 5. The fourth-order valence-corrected chi connectivity index (χ4v) is 2.30. The largest absolute Gasteiger partial charge is 0.331 e. The van der Waals surface area contributed by atoms with Crippen LogP contribution in [-0.2, 0) is 0 Å². The van der Waals surface area contributed by atoms with Crippen molar-refractivity contribution in [1.82, 2.24) is 0 Å². The van der Waals surface area contributed by atoms with Gasteiger partial charge >= 0.3 is 0 Å². The molecule has 0 aliphatic heterocycles. The first-order valence-electron chi connectivity index (χ1n) is 5.54. The first-order valence-corrected chi connectivity index (χ1v) is 7.08. The first-order chi connectivity index (χ1) is 9.86. The minimum Gasteiger partial charge on any atom is -0.331 e. The molecule has 8 heteroatoms. The van der Waals surface area contributed by atoms with E-state index in [4.69, 9.17) is 47.0 Å². The molecular weight excluding hydrogens is 361 g/mol. The molecule has 2 nitrogen and oxygen atoms in total. The summed E-state index contributed by atoms with van der Waals surface area (Å²) in [4.78, 5) is 0. The molecule has 2 N–H and O–H groups in total. The van der Waals surface area contributed by atoms with Crippen LogP contribution >= 0.6 is 47.0 Å². The van der Waals surface area contributed by atoms with Crippen molar-refractivity contribution in [3.05, 3.63) is 57.0 Å². The van der Waals surface area contributed by atoms with Crippen molar-refractivity contribution in [3.8, 4) is 0 Å². The van der Waals surface area contributed by atoms with E-state index in [9.17, 15) is 8.78 Å². The zero-order chi connectivity index (χ0) is 15.6. The Morgan fingerprint density at radius 2 is 1.48 bits per heavy atom. The van der Waals surface area contributed by atoms with Crippen LogP contribution in [-0.4, -0.2) is 5.11 Å². The Hall–Kier alpha value is -1.14. The highest BCUT2D eigenvalue weighted by atomic mass is 35.5. The molecule has 2 aromatic carbocycles. The van der Waals surface area contributed by atoms with Crippen molar-refractivity contribution in [2.45, 2.75) is 0 Å². The van der Waals surface area contributed by atoms with Gasteiger partial charge in [0.05, 0.1) is 26.4 Å². The molecule has 0 saturated heterocycles. The molecule has 0 radical (unpaired) electrons. The second-order valence-electron chi connectivity index (χ2n) is 3.95. The van der Waals surface area contributed by atoms with Crippen molar-refractivity contribution in [3.63, 3.8) is 0 Å². The summed E-state index contributed by atoms with van der Waals surface area (Å²) in [5.41, 5.74) is 0.441. The number of hydrogen-bond donors (Lipinski definition) is 2. The monoisotopic (exact) mass is 366 g/mol. The van der Waals surface area contributed by atoms with Gasteiger partial charge in [-0.25, -0.2) is 8.78 Å². The minimum atomic E-state index is -0.764. The number of benzene rings is 2. The molecule has 0 saturated carbocycles. The molecule has 0 heterocycles. The molecule has 21 heavy (non-hydrogen) atoms. The van der Waals surface area contributed by atoms with E-state index in [-0.39, 0.29) is 10.8 Å². The van der Waals surface area contributed by atoms with Gasteiger partial charge in [-0.2, -0.15) is 0 Å². The average Bonchev–Trinajstić information content (AvgIpc) is 2.39. The van der Waals surface area contributed by atoms with E-state index in [1.54, 1.807) is 0 Å². The molecule has 0 aliphatic carbocycles. The topological polar surface area (TPSA) is 24.1 Å². The standard InChI is InChI=1S/C13H7Cl3F2N2S/c14-7-4-9(16)12(5-8(7)15)20-13(21)19-11-2-1-6(17)3-10(11)18/h1-5H,(H2,19,20,21). The van der Waals surface area contributed by atoms with Gasteiger partial charge in [0, 0.05) is 6.07 Å². The number of nitrogens with one attached hydrogen (secondary N) is 2. The Morgan fingerprint density at radius 1 is 0.857 bits per heavy atom. The zero-order valence-electron chi connectivity index (χ0n) is 10.2. The van der Waals surface area contributed by atoms with Gasteiger partial charge in [0.2, 0.25) is 0 Å². The van der Waals surface area contributed by atoms with E-state index >= 15 is 0 Å². The molecule has 0 aromatic heterocycles. The molecule has 0 aliphatic rings. The van der Waals surface area contributed by atoms with Gasteiger partial charge in [0.15, 0.2) is 5.11 Å².